The van der Waals surface area contributed by atoms with Gasteiger partial charge >= 0.3 is 0 Å². The topological polar surface area (TPSA) is 27.7 Å². The van der Waals surface area contributed by atoms with Crippen LogP contribution in [-0.4, -0.2) is 19.8 Å². The molecular weight excluding hydrogens is 332 g/mol. The summed E-state index contributed by atoms with van der Waals surface area (Å²) in [6.07, 6.45) is 0.973. The van der Waals surface area contributed by atoms with E-state index in [1.165, 1.54) is 0 Å². The molecule has 0 aromatic heterocycles. The highest BCUT2D eigenvalue weighted by Crippen LogP contribution is 2.26. The van der Waals surface area contributed by atoms with Crippen molar-refractivity contribution in [2.45, 2.75) is 13.3 Å². The average Bonchev–Trinajstić information content (AvgIpc) is 2.52. The van der Waals surface area contributed by atoms with E-state index in [0.29, 0.717) is 19.8 Å². The highest BCUT2D eigenvalue weighted by molar-refractivity contribution is 9.10. The lowest BCUT2D eigenvalue weighted by molar-refractivity contribution is 0.207. The zero-order valence-corrected chi connectivity index (χ0v) is 13.6. The number of rotatable bonds is 8. The van der Waals surface area contributed by atoms with Gasteiger partial charge in [0.15, 0.2) is 11.5 Å². The lowest BCUT2D eigenvalue weighted by Crippen LogP contribution is -2.09. The summed E-state index contributed by atoms with van der Waals surface area (Å²) in [6.45, 7) is 3.73. The van der Waals surface area contributed by atoms with Crippen LogP contribution < -0.4 is 14.2 Å². The van der Waals surface area contributed by atoms with E-state index in [2.05, 4.69) is 22.9 Å². The van der Waals surface area contributed by atoms with Gasteiger partial charge in [0.2, 0.25) is 0 Å². The maximum atomic E-state index is 5.72. The van der Waals surface area contributed by atoms with Crippen LogP contribution in [0.1, 0.15) is 13.3 Å². The molecule has 0 saturated heterocycles. The number of ether oxygens (including phenoxy) is 3. The molecule has 0 aliphatic carbocycles. The summed E-state index contributed by atoms with van der Waals surface area (Å²) < 4.78 is 18.0. The minimum absolute atomic E-state index is 0.475. The molecule has 0 spiro atoms. The second-order valence-corrected chi connectivity index (χ2v) is 5.36. The van der Waals surface area contributed by atoms with Gasteiger partial charge in [-0.05, 0) is 42.8 Å². The van der Waals surface area contributed by atoms with Crippen molar-refractivity contribution < 1.29 is 14.2 Å². The van der Waals surface area contributed by atoms with Gasteiger partial charge in [0.05, 0.1) is 6.61 Å². The fraction of sp³-hybridized carbons (Fsp3) is 0.294. The van der Waals surface area contributed by atoms with E-state index in [9.17, 15) is 0 Å². The first-order chi connectivity index (χ1) is 10.3. The summed E-state index contributed by atoms with van der Waals surface area (Å²) in [5.74, 6) is 2.37. The Morgan fingerprint density at radius 1 is 0.762 bits per heavy atom. The Bertz CT molecular complexity index is 540. The highest BCUT2D eigenvalue weighted by Gasteiger charge is 2.03. The number of hydrogen-bond acceptors (Lipinski definition) is 3. The molecule has 0 aliphatic heterocycles. The molecular formula is C17H19BrO3. The maximum Gasteiger partial charge on any atom is 0.161 e. The van der Waals surface area contributed by atoms with E-state index >= 15 is 0 Å². The van der Waals surface area contributed by atoms with E-state index in [1.54, 1.807) is 0 Å². The van der Waals surface area contributed by atoms with E-state index < -0.39 is 0 Å². The molecule has 0 aliphatic rings. The van der Waals surface area contributed by atoms with E-state index in [-0.39, 0.29) is 0 Å². The van der Waals surface area contributed by atoms with Crippen LogP contribution in [0.25, 0.3) is 0 Å². The molecule has 0 atom stereocenters. The number of halogens is 1. The second-order valence-electron chi connectivity index (χ2n) is 4.45. The first kappa shape index (κ1) is 15.7. The van der Waals surface area contributed by atoms with Gasteiger partial charge in [-0.3, -0.25) is 0 Å². The Morgan fingerprint density at radius 2 is 1.33 bits per heavy atom. The summed E-state index contributed by atoms with van der Waals surface area (Å²) >= 11 is 3.39. The molecule has 0 bridgehead atoms. The summed E-state index contributed by atoms with van der Waals surface area (Å²) in [7, 11) is 0. The Kier molecular flexibility index (Phi) is 6.41. The molecule has 0 fully saturated rings. The fourth-order valence-electron chi connectivity index (χ4n) is 1.74. The summed E-state index contributed by atoms with van der Waals surface area (Å²) in [4.78, 5) is 0. The number of hydrogen-bond donors (Lipinski definition) is 0. The Balaban J connectivity index is 1.79. The van der Waals surface area contributed by atoms with Crippen LogP contribution in [0, 0.1) is 0 Å². The zero-order chi connectivity index (χ0) is 14.9. The maximum absolute atomic E-state index is 5.72. The van der Waals surface area contributed by atoms with Crippen LogP contribution >= 0.6 is 15.9 Å². The van der Waals surface area contributed by atoms with Gasteiger partial charge in [0, 0.05) is 4.47 Å². The molecule has 4 heteroatoms. The van der Waals surface area contributed by atoms with Gasteiger partial charge in [-0.25, -0.2) is 0 Å². The van der Waals surface area contributed by atoms with Crippen LogP contribution in [0.4, 0.5) is 0 Å². The molecule has 112 valence electrons. The van der Waals surface area contributed by atoms with Crippen molar-refractivity contribution in [2.75, 3.05) is 19.8 Å². The molecule has 0 radical (unpaired) electrons. The van der Waals surface area contributed by atoms with Crippen molar-refractivity contribution in [1.82, 2.24) is 0 Å². The van der Waals surface area contributed by atoms with Crippen LogP contribution in [0.3, 0.4) is 0 Å². The van der Waals surface area contributed by atoms with Crippen LogP contribution in [-0.2, 0) is 0 Å². The van der Waals surface area contributed by atoms with Crippen LogP contribution in [0.15, 0.2) is 53.0 Å². The normalized spacial score (nSPS) is 10.2. The van der Waals surface area contributed by atoms with Crippen molar-refractivity contribution in [1.29, 1.82) is 0 Å². The largest absolute Gasteiger partial charge is 0.490 e. The van der Waals surface area contributed by atoms with Crippen molar-refractivity contribution in [3.63, 3.8) is 0 Å². The van der Waals surface area contributed by atoms with E-state index in [0.717, 1.165) is 28.1 Å². The van der Waals surface area contributed by atoms with E-state index in [4.69, 9.17) is 14.2 Å². The Hall–Kier alpha value is -1.68. The van der Waals surface area contributed by atoms with E-state index in [1.807, 2.05) is 48.5 Å². The summed E-state index contributed by atoms with van der Waals surface area (Å²) in [6, 6.07) is 15.4. The van der Waals surface area contributed by atoms with Crippen LogP contribution in [0.5, 0.6) is 17.2 Å². The zero-order valence-electron chi connectivity index (χ0n) is 12.0. The van der Waals surface area contributed by atoms with Gasteiger partial charge in [-0.2, -0.15) is 0 Å². The molecule has 0 heterocycles. The van der Waals surface area contributed by atoms with Gasteiger partial charge in [0.25, 0.3) is 0 Å². The molecule has 2 aromatic carbocycles. The molecule has 0 saturated carbocycles. The minimum Gasteiger partial charge on any atom is -0.490 e. The van der Waals surface area contributed by atoms with Gasteiger partial charge < -0.3 is 14.2 Å². The third-order valence-electron chi connectivity index (χ3n) is 2.73. The monoisotopic (exact) mass is 350 g/mol. The highest BCUT2D eigenvalue weighted by atomic mass is 79.9. The van der Waals surface area contributed by atoms with Gasteiger partial charge in [-0.15, -0.1) is 0 Å². The molecule has 0 N–H and O–H groups in total. The lowest BCUT2D eigenvalue weighted by atomic mass is 10.3. The van der Waals surface area contributed by atoms with Crippen molar-refractivity contribution in [3.05, 3.63) is 53.0 Å². The molecule has 0 unspecified atom stereocenters. The lowest BCUT2D eigenvalue weighted by Gasteiger charge is -2.12. The second kappa shape index (κ2) is 8.57. The molecule has 3 nitrogen and oxygen atoms in total. The number of benzene rings is 2. The van der Waals surface area contributed by atoms with Gasteiger partial charge in [-0.1, -0.05) is 35.0 Å². The predicted octanol–water partition coefficient (Wildman–Crippen LogP) is 4.70. The van der Waals surface area contributed by atoms with Crippen molar-refractivity contribution in [3.8, 4) is 17.2 Å². The van der Waals surface area contributed by atoms with Crippen molar-refractivity contribution in [2.24, 2.45) is 0 Å². The molecule has 2 rings (SSSR count). The van der Waals surface area contributed by atoms with Gasteiger partial charge in [0.1, 0.15) is 19.0 Å². The Labute approximate surface area is 134 Å². The first-order valence-electron chi connectivity index (χ1n) is 7.02. The fourth-order valence-corrected chi connectivity index (χ4v) is 2.01. The summed E-state index contributed by atoms with van der Waals surface area (Å²) in [5, 5.41) is 0. The first-order valence-corrected chi connectivity index (χ1v) is 7.82. The third-order valence-corrected chi connectivity index (χ3v) is 3.26. The predicted molar refractivity (Wildman–Crippen MR) is 87.4 cm³/mol. The van der Waals surface area contributed by atoms with Crippen LogP contribution in [0.2, 0.25) is 0 Å². The number of para-hydroxylation sites is 2. The summed E-state index contributed by atoms with van der Waals surface area (Å²) in [5.41, 5.74) is 0. The molecule has 0 amide bonds. The SMILES string of the molecule is CCCOc1ccccc1OCCOc1ccc(Br)cc1. The minimum atomic E-state index is 0.475. The molecule has 2 aromatic rings. The smallest absolute Gasteiger partial charge is 0.161 e. The van der Waals surface area contributed by atoms with Crippen molar-refractivity contribution >= 4 is 15.9 Å². The quantitative estimate of drug-likeness (QED) is 0.646. The molecule has 21 heavy (non-hydrogen) atoms. The third kappa shape index (κ3) is 5.31. The average molecular weight is 351 g/mol. The Morgan fingerprint density at radius 3 is 1.95 bits per heavy atom. The standard InChI is InChI=1S/C17H19BrO3/c1-2-11-20-16-5-3-4-6-17(16)21-13-12-19-15-9-7-14(18)8-10-15/h3-10H,2,11-13H2,1H3.